The van der Waals surface area contributed by atoms with E-state index < -0.39 is 36.4 Å². The molecule has 3 atom stereocenters. The van der Waals surface area contributed by atoms with Gasteiger partial charge in [-0.2, -0.15) is 0 Å². The second-order valence-corrected chi connectivity index (χ2v) is 5.58. The molecule has 8 nitrogen and oxygen atoms in total. The smallest absolute Gasteiger partial charge is 0.335 e. The van der Waals surface area contributed by atoms with Crippen LogP contribution in [0, 0.1) is 0 Å². The lowest BCUT2D eigenvalue weighted by Crippen LogP contribution is -2.45. The van der Waals surface area contributed by atoms with Crippen molar-refractivity contribution in [1.82, 2.24) is 0 Å². The maximum atomic E-state index is 11.2. The molecular weight excluding hydrogens is 332 g/mol. The van der Waals surface area contributed by atoms with Crippen molar-refractivity contribution in [3.8, 4) is 5.75 Å². The van der Waals surface area contributed by atoms with Crippen LogP contribution < -0.4 is 4.74 Å². The molecule has 1 aromatic rings. The van der Waals surface area contributed by atoms with Crippen molar-refractivity contribution in [3.63, 3.8) is 0 Å². The number of rotatable bonds is 6. The zero-order valence-electron chi connectivity index (χ0n) is 14.0. The number of esters is 2. The molecule has 0 bridgehead atoms. The normalized spacial score (nSPS) is 22.7. The van der Waals surface area contributed by atoms with Crippen LogP contribution in [-0.4, -0.2) is 48.1 Å². The third-order valence-electron chi connectivity index (χ3n) is 3.57. The number of hydrogen-bond acceptors (Lipinski definition) is 7. The predicted molar refractivity (Wildman–Crippen MR) is 84.1 cm³/mol. The van der Waals surface area contributed by atoms with Crippen molar-refractivity contribution < 1.29 is 38.4 Å². The summed E-state index contributed by atoms with van der Waals surface area (Å²) < 4.78 is 21.6. The Morgan fingerprint density at radius 3 is 2.36 bits per heavy atom. The first-order chi connectivity index (χ1) is 11.8. The van der Waals surface area contributed by atoms with Crippen LogP contribution in [0.4, 0.5) is 0 Å². The van der Waals surface area contributed by atoms with Crippen molar-refractivity contribution in [2.75, 3.05) is 6.61 Å². The van der Waals surface area contributed by atoms with Crippen molar-refractivity contribution in [2.45, 2.75) is 45.2 Å². The molecule has 0 spiro atoms. The number of carboxylic acids is 1. The largest absolute Gasteiger partial charge is 0.478 e. The molecule has 0 radical (unpaired) electrons. The molecule has 0 aliphatic carbocycles. The highest BCUT2D eigenvalue weighted by atomic mass is 16.7. The molecule has 1 saturated heterocycles. The zero-order chi connectivity index (χ0) is 18.4. The fourth-order valence-corrected chi connectivity index (χ4v) is 2.45. The molecule has 1 aromatic carbocycles. The van der Waals surface area contributed by atoms with Crippen LogP contribution in [0.5, 0.6) is 5.75 Å². The van der Waals surface area contributed by atoms with Crippen LogP contribution in [0.25, 0.3) is 0 Å². The SMILES string of the molecule is CC(=O)OCC1OC(Oc2ccc(C(=O)O)cc2)CCC1OC(C)=O. The lowest BCUT2D eigenvalue weighted by atomic mass is 10.0. The molecule has 25 heavy (non-hydrogen) atoms. The van der Waals surface area contributed by atoms with E-state index in [0.29, 0.717) is 18.6 Å². The summed E-state index contributed by atoms with van der Waals surface area (Å²) in [6.07, 6.45) is -0.822. The van der Waals surface area contributed by atoms with Gasteiger partial charge in [0.25, 0.3) is 0 Å². The molecule has 8 heteroatoms. The fourth-order valence-electron chi connectivity index (χ4n) is 2.45. The summed E-state index contributed by atoms with van der Waals surface area (Å²) in [7, 11) is 0. The number of ether oxygens (including phenoxy) is 4. The fraction of sp³-hybridized carbons (Fsp3) is 0.471. The average molecular weight is 352 g/mol. The summed E-state index contributed by atoms with van der Waals surface area (Å²) in [5.41, 5.74) is 0.152. The van der Waals surface area contributed by atoms with Gasteiger partial charge < -0.3 is 24.1 Å². The van der Waals surface area contributed by atoms with Gasteiger partial charge in [-0.05, 0) is 30.7 Å². The molecular formula is C17H20O8. The minimum absolute atomic E-state index is 0.0505. The van der Waals surface area contributed by atoms with E-state index in [1.54, 1.807) is 0 Å². The lowest BCUT2D eigenvalue weighted by molar-refractivity contribution is -0.212. The Balaban J connectivity index is 1.98. The summed E-state index contributed by atoms with van der Waals surface area (Å²) in [6.45, 7) is 2.53. The number of benzene rings is 1. The maximum Gasteiger partial charge on any atom is 0.335 e. The van der Waals surface area contributed by atoms with E-state index >= 15 is 0 Å². The second-order valence-electron chi connectivity index (χ2n) is 5.58. The van der Waals surface area contributed by atoms with Gasteiger partial charge in [-0.15, -0.1) is 0 Å². The van der Waals surface area contributed by atoms with Crippen molar-refractivity contribution in [3.05, 3.63) is 29.8 Å². The first kappa shape index (κ1) is 18.7. The molecule has 0 saturated carbocycles. The lowest BCUT2D eigenvalue weighted by Gasteiger charge is -2.35. The van der Waals surface area contributed by atoms with Gasteiger partial charge in [-0.3, -0.25) is 9.59 Å². The van der Waals surface area contributed by atoms with Gasteiger partial charge in [0.2, 0.25) is 6.29 Å². The molecule has 2 rings (SSSR count). The molecule has 1 fully saturated rings. The second kappa shape index (κ2) is 8.48. The molecule has 1 heterocycles. The van der Waals surface area contributed by atoms with Gasteiger partial charge in [-0.1, -0.05) is 0 Å². The maximum absolute atomic E-state index is 11.2. The monoisotopic (exact) mass is 352 g/mol. The standard InChI is InChI=1S/C17H20O8/c1-10(18)22-9-15-14(23-11(2)19)7-8-16(25-15)24-13-5-3-12(4-6-13)17(20)21/h3-6,14-16H,7-9H2,1-2H3,(H,20,21). The Labute approximate surface area is 144 Å². The summed E-state index contributed by atoms with van der Waals surface area (Å²) in [5, 5.41) is 8.89. The molecule has 0 aromatic heterocycles. The number of hydrogen-bond donors (Lipinski definition) is 1. The summed E-state index contributed by atoms with van der Waals surface area (Å²) in [6, 6.07) is 5.93. The average Bonchev–Trinajstić information content (AvgIpc) is 2.55. The highest BCUT2D eigenvalue weighted by molar-refractivity contribution is 5.87. The predicted octanol–water partition coefficient (Wildman–Crippen LogP) is 1.76. The summed E-state index contributed by atoms with van der Waals surface area (Å²) in [4.78, 5) is 33.0. The van der Waals surface area contributed by atoms with E-state index in [1.165, 1.54) is 38.1 Å². The van der Waals surface area contributed by atoms with E-state index in [2.05, 4.69) is 0 Å². The topological polar surface area (TPSA) is 108 Å². The number of carbonyl (C=O) groups is 3. The Morgan fingerprint density at radius 1 is 1.12 bits per heavy atom. The van der Waals surface area contributed by atoms with E-state index in [4.69, 9.17) is 24.1 Å². The number of aromatic carboxylic acids is 1. The number of carboxylic acid groups (broad SMARTS) is 1. The van der Waals surface area contributed by atoms with Gasteiger partial charge >= 0.3 is 17.9 Å². The Bertz CT molecular complexity index is 624. The van der Waals surface area contributed by atoms with Gasteiger partial charge in [-0.25, -0.2) is 4.79 Å². The van der Waals surface area contributed by atoms with E-state index in [1.807, 2.05) is 0 Å². The molecule has 136 valence electrons. The van der Waals surface area contributed by atoms with Crippen molar-refractivity contribution in [2.24, 2.45) is 0 Å². The Morgan fingerprint density at radius 2 is 1.80 bits per heavy atom. The molecule has 3 unspecified atom stereocenters. The van der Waals surface area contributed by atoms with Crippen LogP contribution in [0.15, 0.2) is 24.3 Å². The Kier molecular flexibility index (Phi) is 6.35. The summed E-state index contributed by atoms with van der Waals surface area (Å²) >= 11 is 0. The van der Waals surface area contributed by atoms with E-state index in [-0.39, 0.29) is 12.2 Å². The van der Waals surface area contributed by atoms with Gasteiger partial charge in [0.1, 0.15) is 24.6 Å². The van der Waals surface area contributed by atoms with Crippen LogP contribution in [0.1, 0.15) is 37.0 Å². The third kappa shape index (κ3) is 5.75. The zero-order valence-corrected chi connectivity index (χ0v) is 14.0. The molecule has 1 N–H and O–H groups in total. The number of carbonyl (C=O) groups excluding carboxylic acids is 2. The first-order valence-electron chi connectivity index (χ1n) is 7.81. The van der Waals surface area contributed by atoms with Gasteiger partial charge in [0.05, 0.1) is 5.56 Å². The molecule has 0 amide bonds. The van der Waals surface area contributed by atoms with Gasteiger partial charge in [0.15, 0.2) is 0 Å². The third-order valence-corrected chi connectivity index (χ3v) is 3.57. The molecule has 1 aliphatic heterocycles. The van der Waals surface area contributed by atoms with E-state index in [9.17, 15) is 14.4 Å². The van der Waals surface area contributed by atoms with Crippen molar-refractivity contribution >= 4 is 17.9 Å². The minimum atomic E-state index is -1.02. The Hall–Kier alpha value is -2.61. The highest BCUT2D eigenvalue weighted by Gasteiger charge is 2.35. The quantitative estimate of drug-likeness (QED) is 0.772. The first-order valence-corrected chi connectivity index (χ1v) is 7.81. The van der Waals surface area contributed by atoms with E-state index in [0.717, 1.165) is 0 Å². The van der Waals surface area contributed by atoms with Crippen molar-refractivity contribution in [1.29, 1.82) is 0 Å². The van der Waals surface area contributed by atoms with Gasteiger partial charge in [0, 0.05) is 20.3 Å². The minimum Gasteiger partial charge on any atom is -0.478 e. The summed E-state index contributed by atoms with van der Waals surface area (Å²) in [5.74, 6) is -1.47. The van der Waals surface area contributed by atoms with Crippen LogP contribution >= 0.6 is 0 Å². The van der Waals surface area contributed by atoms with Crippen LogP contribution in [0.2, 0.25) is 0 Å². The molecule has 1 aliphatic rings. The van der Waals surface area contributed by atoms with Crippen LogP contribution in [-0.2, 0) is 23.8 Å². The highest BCUT2D eigenvalue weighted by Crippen LogP contribution is 2.25. The van der Waals surface area contributed by atoms with Crippen LogP contribution in [0.3, 0.4) is 0 Å².